The van der Waals surface area contributed by atoms with E-state index in [0.29, 0.717) is 12.5 Å². The fourth-order valence-corrected chi connectivity index (χ4v) is 3.47. The zero-order valence-electron chi connectivity index (χ0n) is 15.6. The summed E-state index contributed by atoms with van der Waals surface area (Å²) in [4.78, 5) is 6.80. The summed E-state index contributed by atoms with van der Waals surface area (Å²) in [5.74, 6) is 0.418. The first-order valence-corrected chi connectivity index (χ1v) is 9.12. The lowest BCUT2D eigenvalue weighted by molar-refractivity contribution is 0.174. The van der Waals surface area contributed by atoms with Crippen molar-refractivity contribution >= 4 is 11.6 Å². The highest BCUT2D eigenvalue weighted by atomic mass is 16.3. The summed E-state index contributed by atoms with van der Waals surface area (Å²) in [5, 5.41) is 12.9. The highest BCUT2D eigenvalue weighted by molar-refractivity contribution is 5.92. The molecular formula is C21H28N4O. The minimum Gasteiger partial charge on any atom is -0.392 e. The third kappa shape index (κ3) is 5.07. The van der Waals surface area contributed by atoms with Gasteiger partial charge in [-0.25, -0.2) is 4.99 Å². The molecule has 3 rings (SSSR count). The molecule has 26 heavy (non-hydrogen) atoms. The third-order valence-corrected chi connectivity index (χ3v) is 4.67. The third-order valence-electron chi connectivity index (χ3n) is 4.67. The number of nitrogens with zero attached hydrogens (tertiary/aromatic N) is 2. The van der Waals surface area contributed by atoms with Gasteiger partial charge in [-0.1, -0.05) is 30.3 Å². The number of aliphatic imine (C=N–C) groups is 1. The molecule has 0 bridgehead atoms. The van der Waals surface area contributed by atoms with E-state index in [0.717, 1.165) is 31.7 Å². The lowest BCUT2D eigenvalue weighted by Gasteiger charge is -2.17. The van der Waals surface area contributed by atoms with Crippen molar-refractivity contribution in [3.8, 4) is 0 Å². The number of hydrogen-bond donors (Lipinski definition) is 3. The predicted molar refractivity (Wildman–Crippen MR) is 107 cm³/mol. The second-order valence-electron chi connectivity index (χ2n) is 7.15. The lowest BCUT2D eigenvalue weighted by atomic mass is 10.1. The number of rotatable bonds is 5. The Morgan fingerprint density at radius 2 is 1.88 bits per heavy atom. The molecule has 1 saturated heterocycles. The van der Waals surface area contributed by atoms with E-state index in [4.69, 9.17) is 5.73 Å². The van der Waals surface area contributed by atoms with Gasteiger partial charge in [-0.3, -0.25) is 4.90 Å². The van der Waals surface area contributed by atoms with Crippen LogP contribution in [0.15, 0.2) is 47.5 Å². The Balaban J connectivity index is 1.65. The van der Waals surface area contributed by atoms with Gasteiger partial charge in [-0.2, -0.15) is 0 Å². The first kappa shape index (κ1) is 18.4. The topological polar surface area (TPSA) is 73.9 Å². The van der Waals surface area contributed by atoms with E-state index in [1.807, 2.05) is 12.1 Å². The molecule has 0 aliphatic carbocycles. The van der Waals surface area contributed by atoms with Crippen LogP contribution < -0.4 is 11.1 Å². The van der Waals surface area contributed by atoms with Gasteiger partial charge in [0.25, 0.3) is 0 Å². The Hall–Kier alpha value is -2.37. The fourth-order valence-electron chi connectivity index (χ4n) is 3.47. The molecule has 0 saturated carbocycles. The van der Waals surface area contributed by atoms with Crippen LogP contribution in [-0.2, 0) is 13.1 Å². The number of benzene rings is 2. The van der Waals surface area contributed by atoms with E-state index in [2.05, 4.69) is 59.4 Å². The molecule has 1 fully saturated rings. The number of anilines is 1. The van der Waals surface area contributed by atoms with Gasteiger partial charge in [-0.15, -0.1) is 0 Å². The smallest absolute Gasteiger partial charge is 0.193 e. The number of nitrogens with two attached hydrogens (primary N) is 1. The van der Waals surface area contributed by atoms with Gasteiger partial charge in [-0.05, 0) is 54.7 Å². The lowest BCUT2D eigenvalue weighted by Crippen LogP contribution is -2.23. The molecule has 1 heterocycles. The first-order valence-electron chi connectivity index (χ1n) is 9.12. The first-order chi connectivity index (χ1) is 12.5. The molecule has 1 aliphatic rings. The van der Waals surface area contributed by atoms with Gasteiger partial charge in [0.05, 0.1) is 12.6 Å². The van der Waals surface area contributed by atoms with Gasteiger partial charge in [0.1, 0.15) is 0 Å². The quantitative estimate of drug-likeness (QED) is 0.571. The number of β-amino-alcohol motifs (C(OH)–C–C–N with tert-alkyl or cyclic N) is 1. The molecule has 1 unspecified atom stereocenters. The van der Waals surface area contributed by atoms with Crippen molar-refractivity contribution in [3.63, 3.8) is 0 Å². The maximum absolute atomic E-state index is 9.71. The second kappa shape index (κ2) is 8.34. The van der Waals surface area contributed by atoms with E-state index in [9.17, 15) is 5.11 Å². The molecule has 0 radical (unpaired) electrons. The van der Waals surface area contributed by atoms with Gasteiger partial charge in [0.2, 0.25) is 0 Å². The van der Waals surface area contributed by atoms with Crippen molar-refractivity contribution in [1.82, 2.24) is 4.90 Å². The largest absolute Gasteiger partial charge is 0.392 e. The molecule has 2 aromatic rings. The molecule has 2 aromatic carbocycles. The summed E-state index contributed by atoms with van der Waals surface area (Å²) in [7, 11) is 0. The molecule has 138 valence electrons. The second-order valence-corrected chi connectivity index (χ2v) is 7.15. The molecule has 5 nitrogen and oxygen atoms in total. The standard InChI is InChI=1S/C21H28N4O/c1-15-9-16(2)11-19(10-15)24-21(22)23-12-17-5-3-4-6-18(17)13-25-8-7-20(26)14-25/h3-6,9-11,20,26H,7-8,12-14H2,1-2H3,(H3,22,23,24). The Bertz CT molecular complexity index is 767. The van der Waals surface area contributed by atoms with Crippen molar-refractivity contribution < 1.29 is 5.11 Å². The normalized spacial score (nSPS) is 18.3. The molecule has 4 N–H and O–H groups in total. The summed E-state index contributed by atoms with van der Waals surface area (Å²) in [6.45, 7) is 7.20. The molecule has 0 spiro atoms. The number of aliphatic hydroxyl groups excluding tert-OH is 1. The number of aliphatic hydroxyl groups is 1. The Labute approximate surface area is 155 Å². The Morgan fingerprint density at radius 3 is 2.54 bits per heavy atom. The highest BCUT2D eigenvalue weighted by Crippen LogP contribution is 2.18. The van der Waals surface area contributed by atoms with Crippen LogP contribution >= 0.6 is 0 Å². The van der Waals surface area contributed by atoms with Gasteiger partial charge in [0.15, 0.2) is 5.96 Å². The van der Waals surface area contributed by atoms with E-state index in [1.165, 1.54) is 22.3 Å². The summed E-state index contributed by atoms with van der Waals surface area (Å²) < 4.78 is 0. The van der Waals surface area contributed by atoms with Crippen LogP contribution in [0.25, 0.3) is 0 Å². The number of aryl methyl sites for hydroxylation is 2. The van der Waals surface area contributed by atoms with Gasteiger partial charge >= 0.3 is 0 Å². The van der Waals surface area contributed by atoms with Crippen LogP contribution in [0.2, 0.25) is 0 Å². The maximum atomic E-state index is 9.71. The van der Waals surface area contributed by atoms with E-state index in [1.54, 1.807) is 0 Å². The van der Waals surface area contributed by atoms with Crippen molar-refractivity contribution in [3.05, 3.63) is 64.7 Å². The van der Waals surface area contributed by atoms with Crippen molar-refractivity contribution in [2.75, 3.05) is 18.4 Å². The Morgan fingerprint density at radius 1 is 1.19 bits per heavy atom. The van der Waals surface area contributed by atoms with Crippen LogP contribution in [0.4, 0.5) is 5.69 Å². The summed E-state index contributed by atoms with van der Waals surface area (Å²) >= 11 is 0. The minimum atomic E-state index is -0.196. The van der Waals surface area contributed by atoms with Crippen LogP contribution in [0.3, 0.4) is 0 Å². The van der Waals surface area contributed by atoms with E-state index in [-0.39, 0.29) is 6.10 Å². The molecule has 5 heteroatoms. The number of hydrogen-bond acceptors (Lipinski definition) is 3. The molecule has 0 amide bonds. The summed E-state index contributed by atoms with van der Waals surface area (Å²) in [6.07, 6.45) is 0.658. The average molecular weight is 352 g/mol. The minimum absolute atomic E-state index is 0.196. The van der Waals surface area contributed by atoms with Crippen LogP contribution in [0, 0.1) is 13.8 Å². The number of guanidine groups is 1. The van der Waals surface area contributed by atoms with Crippen molar-refractivity contribution in [2.45, 2.75) is 39.5 Å². The van der Waals surface area contributed by atoms with Crippen LogP contribution in [0.1, 0.15) is 28.7 Å². The fraction of sp³-hybridized carbons (Fsp3) is 0.381. The average Bonchev–Trinajstić information content (AvgIpc) is 2.98. The van der Waals surface area contributed by atoms with E-state index < -0.39 is 0 Å². The predicted octanol–water partition coefficient (Wildman–Crippen LogP) is 2.80. The molecule has 0 aromatic heterocycles. The summed E-state index contributed by atoms with van der Waals surface area (Å²) in [6, 6.07) is 14.5. The summed E-state index contributed by atoms with van der Waals surface area (Å²) in [5.41, 5.74) is 11.8. The monoisotopic (exact) mass is 352 g/mol. The Kier molecular flexibility index (Phi) is 5.91. The molecule has 1 aliphatic heterocycles. The van der Waals surface area contributed by atoms with Crippen molar-refractivity contribution in [1.29, 1.82) is 0 Å². The van der Waals surface area contributed by atoms with Crippen LogP contribution in [-0.4, -0.2) is 35.2 Å². The zero-order chi connectivity index (χ0) is 18.5. The SMILES string of the molecule is Cc1cc(C)cc(NC(N)=NCc2ccccc2CN2CCC(O)C2)c1. The molecular weight excluding hydrogens is 324 g/mol. The van der Waals surface area contributed by atoms with Gasteiger partial charge in [0, 0.05) is 25.3 Å². The molecule has 1 atom stereocenters. The van der Waals surface area contributed by atoms with Crippen molar-refractivity contribution in [2.24, 2.45) is 10.7 Å². The van der Waals surface area contributed by atoms with Gasteiger partial charge < -0.3 is 16.2 Å². The maximum Gasteiger partial charge on any atom is 0.193 e. The number of likely N-dealkylation sites (tertiary alicyclic amines) is 1. The zero-order valence-corrected chi connectivity index (χ0v) is 15.6. The van der Waals surface area contributed by atoms with E-state index >= 15 is 0 Å². The highest BCUT2D eigenvalue weighted by Gasteiger charge is 2.20. The number of nitrogens with one attached hydrogen (secondary N) is 1. The van der Waals surface area contributed by atoms with Crippen LogP contribution in [0.5, 0.6) is 0 Å².